The number of halogens is 3. The van der Waals surface area contributed by atoms with Crippen LogP contribution in [0.5, 0.6) is 0 Å². The first-order chi connectivity index (χ1) is 23.9. The predicted octanol–water partition coefficient (Wildman–Crippen LogP) is 6.36. The molecule has 4 aliphatic rings. The highest BCUT2D eigenvalue weighted by molar-refractivity contribution is 5.99. The van der Waals surface area contributed by atoms with Crippen LogP contribution in [0, 0.1) is 6.92 Å². The molecule has 2 aromatic carbocycles. The molecule has 268 valence electrons. The summed E-state index contributed by atoms with van der Waals surface area (Å²) in [6, 6.07) is 10.9. The number of alkyl halides is 3. The maximum Gasteiger partial charge on any atom is 0.401 e. The lowest BCUT2D eigenvalue weighted by atomic mass is 9.73. The first-order valence-corrected chi connectivity index (χ1v) is 17.6. The van der Waals surface area contributed by atoms with E-state index in [0.717, 1.165) is 60.3 Å². The SMILES string of the molecule is CCN(c1cc(-c2ccc3c(c2)C2(CC3)CCN(CC(F)(F)F)CC2)cc(C(=O)NCC2=C(OC)C=C(C)NC2=C=O)c1C)C1CCOCC1. The van der Waals surface area contributed by atoms with Gasteiger partial charge in [0.1, 0.15) is 11.5 Å². The molecular formula is C39H47F3N4O4. The number of hydrogen-bond donors (Lipinski definition) is 2. The molecule has 6 rings (SSSR count). The minimum atomic E-state index is -4.20. The van der Waals surface area contributed by atoms with Crippen LogP contribution in [0.15, 0.2) is 59.1 Å². The van der Waals surface area contributed by atoms with Crippen LogP contribution in [0.3, 0.4) is 0 Å². The molecule has 2 N–H and O–H groups in total. The predicted molar refractivity (Wildman–Crippen MR) is 188 cm³/mol. The van der Waals surface area contributed by atoms with E-state index in [0.29, 0.717) is 56.0 Å². The number of likely N-dealkylation sites (tertiary alicyclic amines) is 1. The zero-order valence-electron chi connectivity index (χ0n) is 29.4. The van der Waals surface area contributed by atoms with Gasteiger partial charge in [-0.2, -0.15) is 13.2 Å². The van der Waals surface area contributed by atoms with E-state index in [2.05, 4.69) is 46.7 Å². The Bertz CT molecular complexity index is 1730. The fraction of sp³-hybridized carbons (Fsp3) is 0.513. The van der Waals surface area contributed by atoms with E-state index in [9.17, 15) is 22.8 Å². The smallest absolute Gasteiger partial charge is 0.401 e. The second-order valence-electron chi connectivity index (χ2n) is 14.0. The van der Waals surface area contributed by atoms with Gasteiger partial charge in [-0.15, -0.1) is 0 Å². The number of allylic oxidation sites excluding steroid dienone is 2. The second kappa shape index (κ2) is 14.7. The van der Waals surface area contributed by atoms with Crippen molar-refractivity contribution in [3.8, 4) is 11.1 Å². The molecule has 2 fully saturated rings. The lowest BCUT2D eigenvalue weighted by Gasteiger charge is -2.40. The van der Waals surface area contributed by atoms with Crippen molar-refractivity contribution in [2.75, 3.05) is 57.9 Å². The Morgan fingerprint density at radius 3 is 2.52 bits per heavy atom. The van der Waals surface area contributed by atoms with Crippen LogP contribution in [-0.2, 0) is 26.1 Å². The number of amides is 1. The van der Waals surface area contributed by atoms with Crippen LogP contribution in [0.2, 0.25) is 0 Å². The van der Waals surface area contributed by atoms with Crippen molar-refractivity contribution in [1.82, 2.24) is 15.5 Å². The summed E-state index contributed by atoms with van der Waals surface area (Å²) in [6.45, 7) is 8.10. The number of carbonyl (C=O) groups excluding carboxylic acids is 2. The summed E-state index contributed by atoms with van der Waals surface area (Å²) >= 11 is 0. The zero-order valence-corrected chi connectivity index (χ0v) is 29.4. The van der Waals surface area contributed by atoms with Crippen molar-refractivity contribution < 1.29 is 32.2 Å². The zero-order chi connectivity index (χ0) is 35.6. The lowest BCUT2D eigenvalue weighted by molar-refractivity contribution is -0.149. The molecule has 0 bridgehead atoms. The van der Waals surface area contributed by atoms with Gasteiger partial charge in [0.25, 0.3) is 5.91 Å². The average Bonchev–Trinajstić information content (AvgIpc) is 3.45. The molecule has 0 unspecified atom stereocenters. The summed E-state index contributed by atoms with van der Waals surface area (Å²) in [5.41, 5.74) is 8.08. The summed E-state index contributed by atoms with van der Waals surface area (Å²) in [6.07, 6.45) is 2.59. The number of ether oxygens (including phenoxy) is 2. The molecule has 0 atom stereocenters. The van der Waals surface area contributed by atoms with Crippen LogP contribution in [0.25, 0.3) is 11.1 Å². The van der Waals surface area contributed by atoms with E-state index >= 15 is 0 Å². The fourth-order valence-electron chi connectivity index (χ4n) is 8.33. The Balaban J connectivity index is 1.36. The molecule has 1 spiro atoms. The summed E-state index contributed by atoms with van der Waals surface area (Å²) in [5, 5.41) is 6.04. The molecule has 1 amide bonds. The van der Waals surface area contributed by atoms with E-state index < -0.39 is 12.7 Å². The van der Waals surface area contributed by atoms with Crippen molar-refractivity contribution in [2.45, 2.75) is 76.9 Å². The van der Waals surface area contributed by atoms with Gasteiger partial charge in [-0.25, -0.2) is 4.79 Å². The molecule has 11 heteroatoms. The number of methoxy groups -OCH3 is 1. The quantitative estimate of drug-likeness (QED) is 0.296. The van der Waals surface area contributed by atoms with Gasteiger partial charge in [0, 0.05) is 54.9 Å². The van der Waals surface area contributed by atoms with E-state index in [1.54, 1.807) is 6.08 Å². The minimum Gasteiger partial charge on any atom is -0.496 e. The number of carbonyl (C=O) groups is 1. The van der Waals surface area contributed by atoms with Crippen molar-refractivity contribution in [3.63, 3.8) is 0 Å². The molecule has 8 nitrogen and oxygen atoms in total. The van der Waals surface area contributed by atoms with Gasteiger partial charge in [0.05, 0.1) is 13.7 Å². The summed E-state index contributed by atoms with van der Waals surface area (Å²) < 4.78 is 50.7. The molecule has 3 aliphatic heterocycles. The monoisotopic (exact) mass is 692 g/mol. The number of dihydropyridines is 1. The first-order valence-electron chi connectivity index (χ1n) is 17.6. The van der Waals surface area contributed by atoms with E-state index in [1.807, 2.05) is 25.9 Å². The maximum absolute atomic E-state index is 14.1. The number of aryl methyl sites for hydroxylation is 1. The minimum absolute atomic E-state index is 0.0620. The number of hydrogen-bond acceptors (Lipinski definition) is 7. The number of rotatable bonds is 9. The highest BCUT2D eigenvalue weighted by Gasteiger charge is 2.43. The van der Waals surface area contributed by atoms with Crippen LogP contribution >= 0.6 is 0 Å². The van der Waals surface area contributed by atoms with E-state index in [-0.39, 0.29) is 29.6 Å². The maximum atomic E-state index is 14.1. The fourth-order valence-corrected chi connectivity index (χ4v) is 8.33. The largest absolute Gasteiger partial charge is 0.496 e. The van der Waals surface area contributed by atoms with Crippen molar-refractivity contribution in [3.05, 3.63) is 81.4 Å². The summed E-state index contributed by atoms with van der Waals surface area (Å²) in [4.78, 5) is 29.8. The normalized spacial score (nSPS) is 19.5. The Hall–Kier alpha value is -4.05. The molecule has 0 radical (unpaired) electrons. The Labute approximate surface area is 292 Å². The highest BCUT2D eigenvalue weighted by Crippen LogP contribution is 2.48. The third-order valence-corrected chi connectivity index (χ3v) is 11.0. The standard InChI is InChI=1S/C39H47F3N4O4/c1-5-46(30-9-16-50-17-10-30)35-21-29(19-31(26(35)3)37(48)43-22-32-34(23-47)44-25(2)18-36(32)49-4)28-7-6-27-8-11-38(33(27)20-28)12-14-45(15-13-38)24-39(40,41)42/h6-7,18-21,30,44H,5,8-17,22,24H2,1-4H3,(H,43,48). The molecule has 2 saturated heterocycles. The molecule has 3 heterocycles. The van der Waals surface area contributed by atoms with Crippen LogP contribution < -0.4 is 15.5 Å². The number of piperidine rings is 1. The van der Waals surface area contributed by atoms with Gasteiger partial charge >= 0.3 is 6.18 Å². The second-order valence-corrected chi connectivity index (χ2v) is 14.0. The number of nitrogens with one attached hydrogen (secondary N) is 2. The van der Waals surface area contributed by atoms with Gasteiger partial charge in [-0.3, -0.25) is 9.69 Å². The van der Waals surface area contributed by atoms with Gasteiger partial charge in [-0.05, 0) is 124 Å². The third kappa shape index (κ3) is 7.36. The van der Waals surface area contributed by atoms with Gasteiger partial charge in [0.2, 0.25) is 0 Å². The molecule has 0 saturated carbocycles. The average molecular weight is 693 g/mol. The highest BCUT2D eigenvalue weighted by atomic mass is 19.4. The Morgan fingerprint density at radius 1 is 1.12 bits per heavy atom. The number of anilines is 1. The van der Waals surface area contributed by atoms with Crippen LogP contribution in [-0.4, -0.2) is 82.0 Å². The van der Waals surface area contributed by atoms with Gasteiger partial charge in [0.15, 0.2) is 5.94 Å². The van der Waals surface area contributed by atoms with Crippen LogP contribution in [0.1, 0.15) is 73.0 Å². The molecule has 2 aromatic rings. The van der Waals surface area contributed by atoms with E-state index in [1.165, 1.54) is 23.1 Å². The van der Waals surface area contributed by atoms with Crippen molar-refractivity contribution in [2.24, 2.45) is 0 Å². The van der Waals surface area contributed by atoms with Crippen molar-refractivity contribution >= 4 is 17.5 Å². The van der Waals surface area contributed by atoms with E-state index in [4.69, 9.17) is 9.47 Å². The number of nitrogens with zero attached hydrogens (tertiary/aromatic N) is 2. The summed E-state index contributed by atoms with van der Waals surface area (Å²) in [7, 11) is 1.52. The Morgan fingerprint density at radius 2 is 1.86 bits per heavy atom. The molecule has 1 aliphatic carbocycles. The first kappa shape index (κ1) is 35.8. The van der Waals surface area contributed by atoms with Crippen molar-refractivity contribution in [1.29, 1.82) is 0 Å². The molecular weight excluding hydrogens is 645 g/mol. The Kier molecular flexibility index (Phi) is 10.5. The van der Waals surface area contributed by atoms with Gasteiger partial charge < -0.3 is 25.0 Å². The summed E-state index contributed by atoms with van der Waals surface area (Å²) in [5.74, 6) is 2.15. The third-order valence-electron chi connectivity index (χ3n) is 11.0. The lowest BCUT2D eigenvalue weighted by Crippen LogP contribution is -2.45. The topological polar surface area (TPSA) is 83.1 Å². The number of fused-ring (bicyclic) bond motifs is 2. The molecule has 0 aromatic heterocycles. The number of benzene rings is 2. The van der Waals surface area contributed by atoms with Crippen LogP contribution in [0.4, 0.5) is 18.9 Å². The van der Waals surface area contributed by atoms with Gasteiger partial charge in [-0.1, -0.05) is 18.2 Å². The molecule has 50 heavy (non-hydrogen) atoms.